The average molecular weight is 498 g/mol. The number of nitrogens with zero attached hydrogens (tertiary/aromatic N) is 4. The monoisotopic (exact) mass is 497 g/mol. The van der Waals surface area contributed by atoms with Gasteiger partial charge in [0.1, 0.15) is 18.3 Å². The number of benzene rings is 1. The predicted molar refractivity (Wildman–Crippen MR) is 126 cm³/mol. The summed E-state index contributed by atoms with van der Waals surface area (Å²) in [6, 6.07) is 9.77. The van der Waals surface area contributed by atoms with Crippen molar-refractivity contribution >= 4 is 34.8 Å². The smallest absolute Gasteiger partial charge is 0.303 e. The van der Waals surface area contributed by atoms with Crippen LogP contribution in [-0.4, -0.2) is 67.4 Å². The number of hydrogen-bond acceptors (Lipinski definition) is 10. The quantitative estimate of drug-likeness (QED) is 0.435. The van der Waals surface area contributed by atoms with Gasteiger partial charge >= 0.3 is 11.9 Å². The van der Waals surface area contributed by atoms with Gasteiger partial charge in [-0.15, -0.1) is 0 Å². The molecule has 1 aromatic carbocycles. The topological polar surface area (TPSA) is 155 Å². The fourth-order valence-corrected chi connectivity index (χ4v) is 4.27. The number of aliphatic hydroxyl groups excluding tert-OH is 1. The highest BCUT2D eigenvalue weighted by Crippen LogP contribution is 2.37. The standard InChI is InChI=1S/C24H27N5O7/c1-13(31)27-22-19-23(26-12-25-22)29(18(28-19)10-9-16-7-5-4-6-8-16)24-21(35-15(3)33)20(34-14(2)32)17(11-30)36-24/h4-8,12,17,20-21,24,30H,9-11H2,1-3H3,(H,25,26,27,31)/t17-,20-,21-,24-/m1/s1. The number of fused-ring (bicyclic) bond motifs is 1. The summed E-state index contributed by atoms with van der Waals surface area (Å²) in [4.78, 5) is 48.8. The van der Waals surface area contributed by atoms with Crippen molar-refractivity contribution in [3.63, 3.8) is 0 Å². The number of hydrogen-bond donors (Lipinski definition) is 2. The zero-order valence-electron chi connectivity index (χ0n) is 20.1. The summed E-state index contributed by atoms with van der Waals surface area (Å²) in [5, 5.41) is 12.6. The molecule has 12 nitrogen and oxygen atoms in total. The van der Waals surface area contributed by atoms with E-state index in [1.54, 1.807) is 4.57 Å². The molecule has 0 bridgehead atoms. The van der Waals surface area contributed by atoms with Gasteiger partial charge in [-0.05, 0) is 12.0 Å². The highest BCUT2D eigenvalue weighted by molar-refractivity contribution is 5.95. The minimum atomic E-state index is -1.09. The van der Waals surface area contributed by atoms with Gasteiger partial charge in [-0.25, -0.2) is 15.0 Å². The molecule has 4 rings (SSSR count). The van der Waals surface area contributed by atoms with Crippen LogP contribution >= 0.6 is 0 Å². The minimum Gasteiger partial charge on any atom is -0.456 e. The summed E-state index contributed by atoms with van der Waals surface area (Å²) in [5.74, 6) is -0.837. The summed E-state index contributed by atoms with van der Waals surface area (Å²) < 4.78 is 18.6. The van der Waals surface area contributed by atoms with Gasteiger partial charge < -0.3 is 24.6 Å². The third-order valence-corrected chi connectivity index (χ3v) is 5.65. The average Bonchev–Trinajstić information content (AvgIpc) is 3.35. The van der Waals surface area contributed by atoms with Gasteiger partial charge in [0, 0.05) is 27.2 Å². The van der Waals surface area contributed by atoms with E-state index in [0.717, 1.165) is 5.56 Å². The van der Waals surface area contributed by atoms with E-state index in [1.807, 2.05) is 30.3 Å². The third kappa shape index (κ3) is 5.34. The van der Waals surface area contributed by atoms with Crippen LogP contribution in [0.15, 0.2) is 36.7 Å². The number of carbonyl (C=O) groups excluding carboxylic acids is 3. The normalized spacial score (nSPS) is 21.3. The number of rotatable bonds is 8. The number of imidazole rings is 1. The largest absolute Gasteiger partial charge is 0.456 e. The summed E-state index contributed by atoms with van der Waals surface area (Å²) in [6.07, 6.45) is -1.79. The van der Waals surface area contributed by atoms with Crippen LogP contribution in [0, 0.1) is 0 Å². The maximum atomic E-state index is 12.0. The number of carbonyl (C=O) groups is 3. The maximum absolute atomic E-state index is 12.0. The van der Waals surface area contributed by atoms with Crippen molar-refractivity contribution in [3.8, 4) is 0 Å². The van der Waals surface area contributed by atoms with Gasteiger partial charge in [0.2, 0.25) is 5.91 Å². The number of aromatic nitrogens is 4. The Labute approximate surface area is 206 Å². The van der Waals surface area contributed by atoms with E-state index in [0.29, 0.717) is 29.8 Å². The lowest BCUT2D eigenvalue weighted by molar-refractivity contribution is -0.165. The number of nitrogens with one attached hydrogen (secondary N) is 1. The second-order valence-corrected chi connectivity index (χ2v) is 8.36. The number of anilines is 1. The maximum Gasteiger partial charge on any atom is 0.303 e. The summed E-state index contributed by atoms with van der Waals surface area (Å²) in [6.45, 7) is 3.32. The molecule has 1 aliphatic rings. The number of amides is 1. The zero-order valence-corrected chi connectivity index (χ0v) is 20.1. The lowest BCUT2D eigenvalue weighted by atomic mass is 10.1. The van der Waals surface area contributed by atoms with E-state index >= 15 is 0 Å². The first-order chi connectivity index (χ1) is 17.3. The molecule has 36 heavy (non-hydrogen) atoms. The second kappa shape index (κ2) is 10.8. The first-order valence-corrected chi connectivity index (χ1v) is 11.4. The number of esters is 2. The molecule has 0 unspecified atom stereocenters. The zero-order chi connectivity index (χ0) is 25.8. The molecule has 1 amide bonds. The Balaban J connectivity index is 1.83. The van der Waals surface area contributed by atoms with Crippen molar-refractivity contribution in [1.82, 2.24) is 19.5 Å². The Kier molecular flexibility index (Phi) is 7.55. The summed E-state index contributed by atoms with van der Waals surface area (Å²) >= 11 is 0. The Morgan fingerprint density at radius 3 is 2.36 bits per heavy atom. The van der Waals surface area contributed by atoms with Gasteiger partial charge in [-0.3, -0.25) is 19.0 Å². The predicted octanol–water partition coefficient (Wildman–Crippen LogP) is 1.32. The highest BCUT2D eigenvalue weighted by atomic mass is 16.6. The van der Waals surface area contributed by atoms with Crippen molar-refractivity contribution in [1.29, 1.82) is 0 Å². The fraction of sp³-hybridized carbons (Fsp3) is 0.417. The van der Waals surface area contributed by atoms with Gasteiger partial charge in [0.15, 0.2) is 35.4 Å². The summed E-state index contributed by atoms with van der Waals surface area (Å²) in [5.41, 5.74) is 1.70. The lowest BCUT2D eigenvalue weighted by Gasteiger charge is -2.24. The number of aliphatic hydroxyl groups is 1. The molecular weight excluding hydrogens is 470 g/mol. The Hall–Kier alpha value is -3.90. The molecule has 2 N–H and O–H groups in total. The second-order valence-electron chi connectivity index (χ2n) is 8.36. The number of aryl methyl sites for hydroxylation is 2. The molecular formula is C24H27N5O7. The van der Waals surface area contributed by atoms with E-state index in [4.69, 9.17) is 19.2 Å². The Morgan fingerprint density at radius 2 is 1.72 bits per heavy atom. The Bertz CT molecular complexity index is 1260. The first kappa shape index (κ1) is 25.2. The molecule has 1 aliphatic heterocycles. The van der Waals surface area contributed by atoms with Gasteiger partial charge in [-0.1, -0.05) is 30.3 Å². The molecule has 4 atom stereocenters. The molecule has 0 radical (unpaired) electrons. The molecule has 3 heterocycles. The van der Waals surface area contributed by atoms with Crippen LogP contribution in [-0.2, 0) is 41.4 Å². The minimum absolute atomic E-state index is 0.212. The van der Waals surface area contributed by atoms with Crippen LogP contribution in [0.25, 0.3) is 11.2 Å². The molecule has 0 aliphatic carbocycles. The van der Waals surface area contributed by atoms with Crippen molar-refractivity contribution in [2.24, 2.45) is 0 Å². The molecule has 0 saturated carbocycles. The third-order valence-electron chi connectivity index (χ3n) is 5.65. The molecule has 2 aromatic heterocycles. The van der Waals surface area contributed by atoms with E-state index in [9.17, 15) is 19.5 Å². The van der Waals surface area contributed by atoms with Crippen LogP contribution in [0.3, 0.4) is 0 Å². The molecule has 0 spiro atoms. The van der Waals surface area contributed by atoms with Crippen molar-refractivity contribution < 1.29 is 33.7 Å². The SMILES string of the molecule is CC(=O)Nc1ncnc2c1nc(CCc1ccccc1)n2[C@@H]1O[C@H](CO)[C@@H](OC(C)=O)[C@H]1OC(C)=O. The summed E-state index contributed by atoms with van der Waals surface area (Å²) in [7, 11) is 0. The van der Waals surface area contributed by atoms with Crippen LogP contribution in [0.4, 0.5) is 5.82 Å². The van der Waals surface area contributed by atoms with E-state index in [2.05, 4.69) is 15.3 Å². The van der Waals surface area contributed by atoms with Crippen molar-refractivity contribution in [3.05, 3.63) is 48.0 Å². The van der Waals surface area contributed by atoms with Crippen LogP contribution < -0.4 is 5.32 Å². The van der Waals surface area contributed by atoms with Gasteiger partial charge in [0.05, 0.1) is 6.61 Å². The van der Waals surface area contributed by atoms with Crippen molar-refractivity contribution in [2.45, 2.75) is 58.2 Å². The molecule has 190 valence electrons. The van der Waals surface area contributed by atoms with E-state index in [-0.39, 0.29) is 11.7 Å². The highest BCUT2D eigenvalue weighted by Gasteiger charge is 2.51. The van der Waals surface area contributed by atoms with Crippen molar-refractivity contribution in [2.75, 3.05) is 11.9 Å². The van der Waals surface area contributed by atoms with Crippen LogP contribution in [0.2, 0.25) is 0 Å². The van der Waals surface area contributed by atoms with E-state index in [1.165, 1.54) is 27.1 Å². The molecule has 1 saturated heterocycles. The molecule has 1 fully saturated rings. The fourth-order valence-electron chi connectivity index (χ4n) is 4.27. The van der Waals surface area contributed by atoms with Gasteiger partial charge in [0.25, 0.3) is 0 Å². The van der Waals surface area contributed by atoms with Gasteiger partial charge in [-0.2, -0.15) is 0 Å². The van der Waals surface area contributed by atoms with E-state index < -0.39 is 43.1 Å². The Morgan fingerprint density at radius 1 is 1.03 bits per heavy atom. The number of ether oxygens (including phenoxy) is 3. The molecule has 12 heteroatoms. The van der Waals surface area contributed by atoms with Crippen LogP contribution in [0.1, 0.15) is 38.4 Å². The lowest BCUT2D eigenvalue weighted by Crippen LogP contribution is -2.40. The molecule has 3 aromatic rings. The first-order valence-electron chi connectivity index (χ1n) is 11.4. The van der Waals surface area contributed by atoms with Crippen LogP contribution in [0.5, 0.6) is 0 Å².